The number of hydrogen-bond acceptors (Lipinski definition) is 2. The van der Waals surface area contributed by atoms with Crippen LogP contribution in [0.25, 0.3) is 0 Å². The molecule has 1 unspecified atom stereocenters. The molecule has 126 valence electrons. The Morgan fingerprint density at radius 3 is 2.71 bits per heavy atom. The fourth-order valence-electron chi connectivity index (χ4n) is 3.41. The third kappa shape index (κ3) is 3.18. The Labute approximate surface area is 154 Å². The Balaban J connectivity index is 1.94. The van der Waals surface area contributed by atoms with Crippen LogP contribution in [0.5, 0.6) is 0 Å². The first-order valence-corrected chi connectivity index (χ1v) is 8.91. The van der Waals surface area contributed by atoms with Gasteiger partial charge in [-0.2, -0.15) is 0 Å². The smallest absolute Gasteiger partial charge is 0.0848 e. The monoisotopic (exact) mass is 360 g/mol. The van der Waals surface area contributed by atoms with E-state index >= 15 is 0 Å². The molecule has 1 aliphatic heterocycles. The van der Waals surface area contributed by atoms with E-state index in [9.17, 15) is 0 Å². The normalized spacial score (nSPS) is 19.6. The van der Waals surface area contributed by atoms with Crippen molar-refractivity contribution in [3.05, 3.63) is 57.6 Å². The van der Waals surface area contributed by atoms with Gasteiger partial charge in [-0.15, -0.1) is 0 Å². The van der Waals surface area contributed by atoms with E-state index in [4.69, 9.17) is 23.2 Å². The van der Waals surface area contributed by atoms with Crippen molar-refractivity contribution in [3.63, 3.8) is 0 Å². The van der Waals surface area contributed by atoms with Crippen molar-refractivity contribution in [1.29, 1.82) is 0 Å². The molecular formula is C20H22Cl2N2. The number of rotatable bonds is 2. The van der Waals surface area contributed by atoms with Crippen molar-refractivity contribution in [1.82, 2.24) is 0 Å². The Kier molecular flexibility index (Phi) is 4.63. The van der Waals surface area contributed by atoms with Gasteiger partial charge >= 0.3 is 0 Å². The van der Waals surface area contributed by atoms with E-state index in [2.05, 4.69) is 55.9 Å². The Bertz CT molecular complexity index is 796. The van der Waals surface area contributed by atoms with E-state index in [1.807, 2.05) is 18.3 Å². The number of fused-ring (bicyclic) bond motifs is 1. The minimum atomic E-state index is 0.177. The molecule has 4 heteroatoms. The summed E-state index contributed by atoms with van der Waals surface area (Å²) in [7, 11) is 2.17. The van der Waals surface area contributed by atoms with Crippen molar-refractivity contribution < 1.29 is 0 Å². The van der Waals surface area contributed by atoms with Crippen LogP contribution in [0.3, 0.4) is 0 Å². The number of hydrogen-bond donors (Lipinski definition) is 0. The van der Waals surface area contributed by atoms with E-state index in [-0.39, 0.29) is 5.54 Å². The first-order valence-electron chi connectivity index (χ1n) is 8.15. The van der Waals surface area contributed by atoms with Gasteiger partial charge in [0.1, 0.15) is 0 Å². The number of halogens is 2. The summed E-state index contributed by atoms with van der Waals surface area (Å²) in [4.78, 5) is 6.88. The summed E-state index contributed by atoms with van der Waals surface area (Å²) in [5.74, 6) is 0.523. The quantitative estimate of drug-likeness (QED) is 0.560. The Hall–Kier alpha value is -1.51. The van der Waals surface area contributed by atoms with E-state index in [1.165, 1.54) is 11.3 Å². The highest BCUT2D eigenvalue weighted by Crippen LogP contribution is 2.42. The number of benzene rings is 2. The molecule has 1 aliphatic rings. The predicted molar refractivity (Wildman–Crippen MR) is 106 cm³/mol. The van der Waals surface area contributed by atoms with Gasteiger partial charge in [-0.3, -0.25) is 4.99 Å². The molecule has 1 atom stereocenters. The Morgan fingerprint density at radius 2 is 1.96 bits per heavy atom. The van der Waals surface area contributed by atoms with E-state index in [1.54, 1.807) is 6.07 Å². The standard InChI is InChI=1S/C20H22Cl2N2/c1-13-11-20(2,3)24(4)18-9-8-14(10-15(13)18)12-23-17-7-5-6-16(21)19(17)22/h5-10,12-13H,11H2,1-4H3. The van der Waals surface area contributed by atoms with Crippen molar-refractivity contribution in [2.24, 2.45) is 4.99 Å². The summed E-state index contributed by atoms with van der Waals surface area (Å²) >= 11 is 12.2. The van der Waals surface area contributed by atoms with Gasteiger partial charge in [0.2, 0.25) is 0 Å². The number of nitrogens with zero attached hydrogens (tertiary/aromatic N) is 2. The largest absolute Gasteiger partial charge is 0.369 e. The summed E-state index contributed by atoms with van der Waals surface area (Å²) in [6, 6.07) is 12.0. The van der Waals surface area contributed by atoms with Crippen LogP contribution in [0, 0.1) is 0 Å². The van der Waals surface area contributed by atoms with Crippen LogP contribution in [-0.4, -0.2) is 18.8 Å². The highest BCUT2D eigenvalue weighted by molar-refractivity contribution is 6.43. The highest BCUT2D eigenvalue weighted by Gasteiger charge is 2.33. The molecule has 0 bridgehead atoms. The van der Waals surface area contributed by atoms with E-state index in [0.717, 1.165) is 12.0 Å². The van der Waals surface area contributed by atoms with Gasteiger partial charge in [-0.05, 0) is 61.6 Å². The maximum atomic E-state index is 6.20. The third-order valence-electron chi connectivity index (χ3n) is 4.94. The number of anilines is 1. The SMILES string of the molecule is CC1CC(C)(C)N(C)c2ccc(C=Nc3cccc(Cl)c3Cl)cc21. The number of aliphatic imine (C=N–C) groups is 1. The minimum Gasteiger partial charge on any atom is -0.369 e. The first-order chi connectivity index (χ1) is 11.3. The lowest BCUT2D eigenvalue weighted by Crippen LogP contribution is -2.45. The van der Waals surface area contributed by atoms with Gasteiger partial charge in [0.15, 0.2) is 0 Å². The van der Waals surface area contributed by atoms with Crippen molar-refractivity contribution in [2.45, 2.75) is 38.6 Å². The molecule has 24 heavy (non-hydrogen) atoms. The zero-order chi connectivity index (χ0) is 17.5. The van der Waals surface area contributed by atoms with Crippen LogP contribution in [0.1, 0.15) is 44.2 Å². The third-order valence-corrected chi connectivity index (χ3v) is 5.75. The summed E-state index contributed by atoms with van der Waals surface area (Å²) in [5.41, 5.74) is 4.61. The zero-order valence-corrected chi connectivity index (χ0v) is 16.0. The average molecular weight is 361 g/mol. The fraction of sp³-hybridized carbons (Fsp3) is 0.350. The van der Waals surface area contributed by atoms with Gasteiger partial charge in [-0.1, -0.05) is 42.3 Å². The molecule has 2 aromatic rings. The van der Waals surface area contributed by atoms with Gasteiger partial charge in [0.25, 0.3) is 0 Å². The molecule has 2 aromatic carbocycles. The molecule has 0 N–H and O–H groups in total. The lowest BCUT2D eigenvalue weighted by Gasteiger charge is -2.45. The molecule has 3 rings (SSSR count). The first kappa shape index (κ1) is 17.3. The molecule has 0 aliphatic carbocycles. The van der Waals surface area contributed by atoms with Crippen LogP contribution >= 0.6 is 23.2 Å². The second kappa shape index (κ2) is 6.42. The summed E-state index contributed by atoms with van der Waals surface area (Å²) in [6.45, 7) is 6.88. The van der Waals surface area contributed by atoms with Gasteiger partial charge < -0.3 is 4.90 Å². The topological polar surface area (TPSA) is 15.6 Å². The molecule has 0 spiro atoms. The molecule has 1 heterocycles. The van der Waals surface area contributed by atoms with E-state index in [0.29, 0.717) is 21.7 Å². The summed E-state index contributed by atoms with van der Waals surface area (Å²) in [6.07, 6.45) is 2.99. The second-order valence-electron chi connectivity index (χ2n) is 7.13. The maximum Gasteiger partial charge on any atom is 0.0848 e. The lowest BCUT2D eigenvalue weighted by molar-refractivity contribution is 0.395. The molecule has 0 amide bonds. The van der Waals surface area contributed by atoms with Crippen molar-refractivity contribution in [3.8, 4) is 0 Å². The predicted octanol–water partition coefficient (Wildman–Crippen LogP) is 6.47. The van der Waals surface area contributed by atoms with Crippen LogP contribution in [0.15, 0.2) is 41.4 Å². The Morgan fingerprint density at radius 1 is 1.21 bits per heavy atom. The van der Waals surface area contributed by atoms with Gasteiger partial charge in [-0.25, -0.2) is 0 Å². The lowest BCUT2D eigenvalue weighted by atomic mass is 9.80. The van der Waals surface area contributed by atoms with Crippen LogP contribution in [0.2, 0.25) is 10.0 Å². The second-order valence-corrected chi connectivity index (χ2v) is 7.91. The molecule has 2 nitrogen and oxygen atoms in total. The summed E-state index contributed by atoms with van der Waals surface area (Å²) < 4.78 is 0. The van der Waals surface area contributed by atoms with Gasteiger partial charge in [0, 0.05) is 24.5 Å². The molecule has 0 fully saturated rings. The molecule has 0 aromatic heterocycles. The maximum absolute atomic E-state index is 6.20. The fourth-order valence-corrected chi connectivity index (χ4v) is 3.76. The molecular weight excluding hydrogens is 339 g/mol. The van der Waals surface area contributed by atoms with Crippen LogP contribution in [0.4, 0.5) is 11.4 Å². The van der Waals surface area contributed by atoms with E-state index < -0.39 is 0 Å². The minimum absolute atomic E-state index is 0.177. The van der Waals surface area contributed by atoms with Crippen molar-refractivity contribution in [2.75, 3.05) is 11.9 Å². The highest BCUT2D eigenvalue weighted by atomic mass is 35.5. The average Bonchev–Trinajstić information content (AvgIpc) is 2.54. The van der Waals surface area contributed by atoms with Crippen LogP contribution in [-0.2, 0) is 0 Å². The molecule has 0 radical (unpaired) electrons. The van der Waals surface area contributed by atoms with Crippen LogP contribution < -0.4 is 4.90 Å². The van der Waals surface area contributed by atoms with Crippen molar-refractivity contribution >= 4 is 40.8 Å². The molecule has 0 saturated heterocycles. The molecule has 0 saturated carbocycles. The van der Waals surface area contributed by atoms with Gasteiger partial charge in [0.05, 0.1) is 15.7 Å². The zero-order valence-electron chi connectivity index (χ0n) is 14.5. The summed E-state index contributed by atoms with van der Waals surface area (Å²) in [5, 5.41) is 1.01.